The number of carbonyl (C=O) groups is 1. The molecule has 22 heavy (non-hydrogen) atoms. The molecule has 0 bridgehead atoms. The minimum absolute atomic E-state index is 0.0400. The van der Waals surface area contributed by atoms with Gasteiger partial charge in [-0.2, -0.15) is 0 Å². The Hall–Kier alpha value is -2.56. The number of para-hydroxylation sites is 1. The number of fused-ring (bicyclic) bond motifs is 2. The summed E-state index contributed by atoms with van der Waals surface area (Å²) in [4.78, 5) is 23.1. The number of H-pyrrole nitrogens is 2. The van der Waals surface area contributed by atoms with E-state index in [1.54, 1.807) is 6.33 Å². The van der Waals surface area contributed by atoms with Crippen LogP contribution in [0.1, 0.15) is 23.4 Å². The van der Waals surface area contributed by atoms with Gasteiger partial charge in [0.05, 0.1) is 12.0 Å². The Morgan fingerprint density at radius 2 is 2.23 bits per heavy atom. The van der Waals surface area contributed by atoms with Crippen molar-refractivity contribution in [2.45, 2.75) is 25.8 Å². The number of nitrogens with one attached hydrogen (secondary N) is 3. The van der Waals surface area contributed by atoms with Gasteiger partial charge >= 0.3 is 0 Å². The quantitative estimate of drug-likeness (QED) is 0.693. The molecule has 2 heterocycles. The lowest BCUT2D eigenvalue weighted by atomic mass is 9.89. The Morgan fingerprint density at radius 1 is 1.32 bits per heavy atom. The number of rotatable bonds is 3. The molecule has 1 aromatic carbocycles. The zero-order valence-corrected chi connectivity index (χ0v) is 12.2. The summed E-state index contributed by atoms with van der Waals surface area (Å²) in [5.41, 5.74) is 4.45. The maximum absolute atomic E-state index is 12.4. The van der Waals surface area contributed by atoms with Crippen LogP contribution in [0.25, 0.3) is 10.9 Å². The molecule has 0 saturated carbocycles. The highest BCUT2D eigenvalue weighted by Crippen LogP contribution is 2.23. The molecule has 1 aliphatic carbocycles. The molecule has 1 amide bonds. The van der Waals surface area contributed by atoms with Crippen LogP contribution in [0.15, 0.2) is 36.8 Å². The van der Waals surface area contributed by atoms with Crippen LogP contribution >= 0.6 is 0 Å². The average Bonchev–Trinajstić information content (AvgIpc) is 3.18. The molecule has 0 spiro atoms. The Labute approximate surface area is 128 Å². The molecule has 3 N–H and O–H groups in total. The molecule has 5 nitrogen and oxygen atoms in total. The number of benzene rings is 1. The number of imidazole rings is 1. The van der Waals surface area contributed by atoms with Gasteiger partial charge < -0.3 is 15.3 Å². The third kappa shape index (κ3) is 2.28. The molecule has 2 aromatic heterocycles. The summed E-state index contributed by atoms with van der Waals surface area (Å²) in [5.74, 6) is 0.170. The summed E-state index contributed by atoms with van der Waals surface area (Å²) in [6, 6.07) is 8.14. The SMILES string of the molecule is O=C(NCc1c[nH]c2ccccc12)[C@H]1CCc2nc[nH]c2C1. The van der Waals surface area contributed by atoms with E-state index in [2.05, 4.69) is 26.3 Å². The zero-order valence-electron chi connectivity index (χ0n) is 12.2. The van der Waals surface area contributed by atoms with Crippen molar-refractivity contribution in [3.8, 4) is 0 Å². The van der Waals surface area contributed by atoms with Gasteiger partial charge in [-0.1, -0.05) is 18.2 Å². The number of aromatic amines is 2. The van der Waals surface area contributed by atoms with Crippen LogP contribution in [0.5, 0.6) is 0 Å². The van der Waals surface area contributed by atoms with Crippen LogP contribution in [0.4, 0.5) is 0 Å². The van der Waals surface area contributed by atoms with E-state index in [0.717, 1.165) is 41.7 Å². The van der Waals surface area contributed by atoms with Gasteiger partial charge in [-0.3, -0.25) is 4.79 Å². The molecule has 0 aliphatic heterocycles. The predicted octanol–water partition coefficient (Wildman–Crippen LogP) is 2.31. The van der Waals surface area contributed by atoms with Gasteiger partial charge in [-0.05, 0) is 24.5 Å². The number of aryl methyl sites for hydroxylation is 1. The van der Waals surface area contributed by atoms with Crippen LogP contribution in [-0.2, 0) is 24.2 Å². The second-order valence-electron chi connectivity index (χ2n) is 5.84. The number of aromatic nitrogens is 3. The van der Waals surface area contributed by atoms with E-state index < -0.39 is 0 Å². The second kappa shape index (κ2) is 5.33. The van der Waals surface area contributed by atoms with E-state index in [1.807, 2.05) is 24.4 Å². The van der Waals surface area contributed by atoms with E-state index in [4.69, 9.17) is 0 Å². The lowest BCUT2D eigenvalue weighted by molar-refractivity contribution is -0.125. The molecule has 0 radical (unpaired) electrons. The molecule has 0 saturated heterocycles. The summed E-state index contributed by atoms with van der Waals surface area (Å²) >= 11 is 0. The highest BCUT2D eigenvalue weighted by atomic mass is 16.1. The van der Waals surface area contributed by atoms with E-state index in [-0.39, 0.29) is 11.8 Å². The van der Waals surface area contributed by atoms with Gasteiger partial charge in [0.25, 0.3) is 0 Å². The lowest BCUT2D eigenvalue weighted by Gasteiger charge is -2.20. The first-order chi connectivity index (χ1) is 10.8. The van der Waals surface area contributed by atoms with Crippen LogP contribution in [0.3, 0.4) is 0 Å². The van der Waals surface area contributed by atoms with Crippen molar-refractivity contribution in [3.05, 3.63) is 53.7 Å². The molecule has 1 aliphatic rings. The van der Waals surface area contributed by atoms with Crippen molar-refractivity contribution < 1.29 is 4.79 Å². The topological polar surface area (TPSA) is 73.6 Å². The smallest absolute Gasteiger partial charge is 0.223 e. The van der Waals surface area contributed by atoms with Crippen LogP contribution in [-0.4, -0.2) is 20.9 Å². The Balaban J connectivity index is 1.43. The zero-order chi connectivity index (χ0) is 14.9. The molecule has 3 aromatic rings. The van der Waals surface area contributed by atoms with Crippen LogP contribution in [0.2, 0.25) is 0 Å². The molecule has 112 valence electrons. The summed E-state index contributed by atoms with van der Waals surface area (Å²) < 4.78 is 0. The van der Waals surface area contributed by atoms with Gasteiger partial charge in [0.1, 0.15) is 0 Å². The maximum atomic E-state index is 12.4. The number of carbonyl (C=O) groups excluding carboxylic acids is 1. The lowest BCUT2D eigenvalue weighted by Crippen LogP contribution is -2.33. The second-order valence-corrected chi connectivity index (χ2v) is 5.84. The summed E-state index contributed by atoms with van der Waals surface area (Å²) in [6.45, 7) is 0.565. The fourth-order valence-corrected chi connectivity index (χ4v) is 3.23. The molecule has 4 rings (SSSR count). The number of amides is 1. The van der Waals surface area contributed by atoms with Gasteiger partial charge in [0, 0.05) is 41.7 Å². The minimum atomic E-state index is 0.0400. The van der Waals surface area contributed by atoms with E-state index >= 15 is 0 Å². The molecule has 0 unspecified atom stereocenters. The van der Waals surface area contributed by atoms with Gasteiger partial charge in [0.2, 0.25) is 5.91 Å². The van der Waals surface area contributed by atoms with Crippen molar-refractivity contribution in [1.82, 2.24) is 20.3 Å². The first kappa shape index (κ1) is 13.1. The molecule has 0 fully saturated rings. The highest BCUT2D eigenvalue weighted by molar-refractivity contribution is 5.84. The van der Waals surface area contributed by atoms with Crippen molar-refractivity contribution in [2.75, 3.05) is 0 Å². The van der Waals surface area contributed by atoms with E-state index in [0.29, 0.717) is 6.54 Å². The van der Waals surface area contributed by atoms with Crippen molar-refractivity contribution in [2.24, 2.45) is 5.92 Å². The van der Waals surface area contributed by atoms with Gasteiger partial charge in [0.15, 0.2) is 0 Å². The van der Waals surface area contributed by atoms with Crippen molar-refractivity contribution in [3.63, 3.8) is 0 Å². The Morgan fingerprint density at radius 3 is 3.18 bits per heavy atom. The minimum Gasteiger partial charge on any atom is -0.361 e. The maximum Gasteiger partial charge on any atom is 0.223 e. The number of hydrogen-bond acceptors (Lipinski definition) is 2. The summed E-state index contributed by atoms with van der Waals surface area (Å²) in [7, 11) is 0. The van der Waals surface area contributed by atoms with E-state index in [9.17, 15) is 4.79 Å². The van der Waals surface area contributed by atoms with Crippen molar-refractivity contribution in [1.29, 1.82) is 0 Å². The standard InChI is InChI=1S/C17H18N4O/c22-17(11-5-6-15-16(7-11)21-10-20-15)19-9-12-8-18-14-4-2-1-3-13(12)14/h1-4,8,10-11,18H,5-7,9H2,(H,19,22)(H,20,21)/t11-/m0/s1. The highest BCUT2D eigenvalue weighted by Gasteiger charge is 2.26. The van der Waals surface area contributed by atoms with Gasteiger partial charge in [-0.25, -0.2) is 4.98 Å². The summed E-state index contributed by atoms with van der Waals surface area (Å²) in [5, 5.41) is 4.25. The molecular weight excluding hydrogens is 276 g/mol. The Bertz CT molecular complexity index is 817. The van der Waals surface area contributed by atoms with Gasteiger partial charge in [-0.15, -0.1) is 0 Å². The Kier molecular flexibility index (Phi) is 3.18. The third-order valence-corrected chi connectivity index (χ3v) is 4.49. The monoisotopic (exact) mass is 294 g/mol. The molecule has 5 heteroatoms. The number of hydrogen-bond donors (Lipinski definition) is 3. The third-order valence-electron chi connectivity index (χ3n) is 4.49. The van der Waals surface area contributed by atoms with Crippen LogP contribution in [0, 0.1) is 5.92 Å². The molecular formula is C17H18N4O. The largest absolute Gasteiger partial charge is 0.361 e. The van der Waals surface area contributed by atoms with Crippen LogP contribution < -0.4 is 5.32 Å². The first-order valence-corrected chi connectivity index (χ1v) is 7.65. The van der Waals surface area contributed by atoms with E-state index in [1.165, 1.54) is 5.39 Å². The summed E-state index contributed by atoms with van der Waals surface area (Å²) in [6.07, 6.45) is 6.20. The average molecular weight is 294 g/mol. The number of nitrogens with zero attached hydrogens (tertiary/aromatic N) is 1. The first-order valence-electron chi connectivity index (χ1n) is 7.65. The predicted molar refractivity (Wildman–Crippen MR) is 84.2 cm³/mol. The molecule has 1 atom stereocenters. The van der Waals surface area contributed by atoms with Crippen molar-refractivity contribution >= 4 is 16.8 Å². The fraction of sp³-hybridized carbons (Fsp3) is 0.294. The normalized spacial score (nSPS) is 17.4. The fourth-order valence-electron chi connectivity index (χ4n) is 3.23.